The van der Waals surface area contributed by atoms with Crippen molar-refractivity contribution in [1.82, 2.24) is 4.57 Å². The molecule has 0 saturated heterocycles. The lowest BCUT2D eigenvalue weighted by atomic mass is 9.97. The van der Waals surface area contributed by atoms with E-state index in [1.165, 1.54) is 67.7 Å². The van der Waals surface area contributed by atoms with Crippen LogP contribution in [0.4, 0.5) is 5.69 Å². The van der Waals surface area contributed by atoms with E-state index in [0.29, 0.717) is 0 Å². The standard InChI is InChI=1S/C44H27N3S2/c1-2-12-26(13-3-1)41-31-16-4-8-18-35(31)45-44(46-41)34-25-27(24-33-29-15-7-11-21-39(29)48-42(33)34)47-36-19-9-5-17-32(36)40-37(47)23-22-30-28-14-6-10-20-38(28)49-43(30)40/h1-25,44-45H. The third-order valence-electron chi connectivity index (χ3n) is 10.0. The Hall–Kier alpha value is -5.75. The molecule has 10 aromatic rings. The van der Waals surface area contributed by atoms with Crippen LogP contribution in [0.3, 0.4) is 0 Å². The van der Waals surface area contributed by atoms with Gasteiger partial charge in [-0.3, -0.25) is 4.99 Å². The first-order valence-electron chi connectivity index (χ1n) is 16.6. The highest BCUT2D eigenvalue weighted by molar-refractivity contribution is 7.27. The van der Waals surface area contributed by atoms with Crippen molar-refractivity contribution in [2.45, 2.75) is 6.17 Å². The summed E-state index contributed by atoms with van der Waals surface area (Å²) in [5, 5.41) is 11.6. The van der Waals surface area contributed by atoms with Gasteiger partial charge in [0.05, 0.1) is 16.7 Å². The highest BCUT2D eigenvalue weighted by Crippen LogP contribution is 2.46. The molecule has 0 aliphatic carbocycles. The molecule has 49 heavy (non-hydrogen) atoms. The summed E-state index contributed by atoms with van der Waals surface area (Å²) in [7, 11) is 0. The molecule has 0 saturated carbocycles. The molecule has 7 aromatic carbocycles. The van der Waals surface area contributed by atoms with Gasteiger partial charge in [-0.15, -0.1) is 22.7 Å². The van der Waals surface area contributed by atoms with Crippen LogP contribution in [0.1, 0.15) is 22.9 Å². The Morgan fingerprint density at radius 1 is 0.531 bits per heavy atom. The van der Waals surface area contributed by atoms with Crippen molar-refractivity contribution in [3.05, 3.63) is 168 Å². The molecule has 0 amide bonds. The molecule has 0 spiro atoms. The molecule has 1 N–H and O–H groups in total. The monoisotopic (exact) mass is 661 g/mol. The summed E-state index contributed by atoms with van der Waals surface area (Å²) in [6.07, 6.45) is -0.261. The van der Waals surface area contributed by atoms with Gasteiger partial charge in [0.1, 0.15) is 6.17 Å². The number of anilines is 1. The minimum Gasteiger partial charge on any atom is -0.359 e. The lowest BCUT2D eigenvalue weighted by Gasteiger charge is -2.27. The minimum atomic E-state index is -0.261. The molecule has 3 aromatic heterocycles. The predicted octanol–water partition coefficient (Wildman–Crippen LogP) is 12.5. The first-order valence-corrected chi connectivity index (χ1v) is 18.2. The van der Waals surface area contributed by atoms with Crippen LogP contribution in [0.25, 0.3) is 67.8 Å². The van der Waals surface area contributed by atoms with Gasteiger partial charge < -0.3 is 9.88 Å². The van der Waals surface area contributed by atoms with Crippen molar-refractivity contribution in [3.8, 4) is 5.69 Å². The Labute approximate surface area is 290 Å². The van der Waals surface area contributed by atoms with E-state index < -0.39 is 0 Å². The van der Waals surface area contributed by atoms with Crippen LogP contribution in [-0.2, 0) is 0 Å². The topological polar surface area (TPSA) is 29.3 Å². The molecule has 3 nitrogen and oxygen atoms in total. The molecule has 1 atom stereocenters. The zero-order valence-electron chi connectivity index (χ0n) is 26.2. The number of hydrogen-bond donors (Lipinski definition) is 1. The first-order chi connectivity index (χ1) is 24.3. The number of hydrogen-bond acceptors (Lipinski definition) is 4. The van der Waals surface area contributed by atoms with Crippen molar-refractivity contribution in [2.75, 3.05) is 5.32 Å². The largest absolute Gasteiger partial charge is 0.359 e. The summed E-state index contributed by atoms with van der Waals surface area (Å²) in [5.41, 5.74) is 9.14. The highest BCUT2D eigenvalue weighted by Gasteiger charge is 2.26. The fraction of sp³-hybridized carbons (Fsp3) is 0.0227. The lowest BCUT2D eigenvalue weighted by molar-refractivity contribution is 0.836. The zero-order chi connectivity index (χ0) is 32.1. The third-order valence-corrected chi connectivity index (χ3v) is 12.4. The molecule has 1 aliphatic heterocycles. The molecule has 4 heterocycles. The second-order valence-corrected chi connectivity index (χ2v) is 14.8. The van der Waals surface area contributed by atoms with Gasteiger partial charge in [-0.2, -0.15) is 0 Å². The Balaban J connectivity index is 1.23. The maximum Gasteiger partial charge on any atom is 0.146 e. The molecule has 0 bridgehead atoms. The number of thiophene rings is 2. The molecule has 230 valence electrons. The molecular weight excluding hydrogens is 635 g/mol. The van der Waals surface area contributed by atoms with Gasteiger partial charge in [-0.25, -0.2) is 0 Å². The average molecular weight is 662 g/mol. The van der Waals surface area contributed by atoms with E-state index in [0.717, 1.165) is 28.2 Å². The maximum absolute atomic E-state index is 5.50. The number of para-hydroxylation sites is 2. The van der Waals surface area contributed by atoms with E-state index in [2.05, 4.69) is 162 Å². The van der Waals surface area contributed by atoms with E-state index in [1.54, 1.807) is 0 Å². The summed E-state index contributed by atoms with van der Waals surface area (Å²) in [5.74, 6) is 0. The van der Waals surface area contributed by atoms with Crippen LogP contribution < -0.4 is 5.32 Å². The fourth-order valence-electron chi connectivity index (χ4n) is 7.85. The summed E-state index contributed by atoms with van der Waals surface area (Å²) in [4.78, 5) is 5.50. The second kappa shape index (κ2) is 10.4. The summed E-state index contributed by atoms with van der Waals surface area (Å²) in [6, 6.07) is 55.0. The average Bonchev–Trinajstić information content (AvgIpc) is 3.84. The highest BCUT2D eigenvalue weighted by atomic mass is 32.1. The van der Waals surface area contributed by atoms with Crippen LogP contribution in [0.15, 0.2) is 157 Å². The van der Waals surface area contributed by atoms with Crippen molar-refractivity contribution in [1.29, 1.82) is 0 Å². The molecule has 1 aliphatic rings. The van der Waals surface area contributed by atoms with Gasteiger partial charge in [0.25, 0.3) is 0 Å². The second-order valence-electron chi connectivity index (χ2n) is 12.7. The predicted molar refractivity (Wildman–Crippen MR) is 211 cm³/mol. The summed E-state index contributed by atoms with van der Waals surface area (Å²) < 4.78 is 7.70. The Bertz CT molecular complexity index is 2980. The number of benzene rings is 7. The Morgan fingerprint density at radius 2 is 1.20 bits per heavy atom. The van der Waals surface area contributed by atoms with Crippen molar-refractivity contribution < 1.29 is 0 Å². The fourth-order valence-corrected chi connectivity index (χ4v) is 10.3. The maximum atomic E-state index is 5.50. The number of nitrogens with zero attached hydrogens (tertiary/aromatic N) is 2. The first kappa shape index (κ1) is 27.2. The van der Waals surface area contributed by atoms with Crippen molar-refractivity contribution in [2.24, 2.45) is 4.99 Å². The minimum absolute atomic E-state index is 0.261. The van der Waals surface area contributed by atoms with Gasteiger partial charge in [-0.05, 0) is 42.5 Å². The zero-order valence-corrected chi connectivity index (χ0v) is 27.9. The normalized spacial score (nSPS) is 14.6. The number of fused-ring (bicyclic) bond motifs is 11. The van der Waals surface area contributed by atoms with E-state index >= 15 is 0 Å². The van der Waals surface area contributed by atoms with Crippen LogP contribution in [0.2, 0.25) is 0 Å². The van der Waals surface area contributed by atoms with Gasteiger partial charge in [0, 0.05) is 79.2 Å². The van der Waals surface area contributed by atoms with Gasteiger partial charge in [0.15, 0.2) is 0 Å². The van der Waals surface area contributed by atoms with Crippen LogP contribution in [0, 0.1) is 0 Å². The van der Waals surface area contributed by atoms with E-state index in [9.17, 15) is 0 Å². The molecular formula is C44H27N3S2. The van der Waals surface area contributed by atoms with Crippen LogP contribution >= 0.6 is 22.7 Å². The Kier molecular flexibility index (Phi) is 5.76. The van der Waals surface area contributed by atoms with Crippen molar-refractivity contribution >= 4 is 96.2 Å². The SMILES string of the molecule is c1ccc(C2=NC(c3cc(-n4c5ccccc5c5c6sc7ccccc7c6ccc54)cc4c3sc3ccccc34)Nc3ccccc32)cc1. The number of rotatable bonds is 3. The third kappa shape index (κ3) is 3.97. The van der Waals surface area contributed by atoms with Crippen LogP contribution in [0.5, 0.6) is 0 Å². The quantitative estimate of drug-likeness (QED) is 0.201. The van der Waals surface area contributed by atoms with Crippen molar-refractivity contribution in [3.63, 3.8) is 0 Å². The van der Waals surface area contributed by atoms with Gasteiger partial charge >= 0.3 is 0 Å². The van der Waals surface area contributed by atoms with Crippen LogP contribution in [-0.4, -0.2) is 10.3 Å². The van der Waals surface area contributed by atoms with Gasteiger partial charge in [-0.1, -0.05) is 109 Å². The number of aliphatic imine (C=N–C) groups is 1. The molecule has 11 rings (SSSR count). The van der Waals surface area contributed by atoms with Gasteiger partial charge in [0.2, 0.25) is 0 Å². The Morgan fingerprint density at radius 3 is 2.04 bits per heavy atom. The molecule has 5 heteroatoms. The van der Waals surface area contributed by atoms with E-state index in [-0.39, 0.29) is 6.17 Å². The van der Waals surface area contributed by atoms with E-state index in [4.69, 9.17) is 4.99 Å². The molecule has 0 radical (unpaired) electrons. The molecule has 0 fully saturated rings. The summed E-state index contributed by atoms with van der Waals surface area (Å²) in [6.45, 7) is 0. The summed E-state index contributed by atoms with van der Waals surface area (Å²) >= 11 is 3.76. The lowest BCUT2D eigenvalue weighted by Crippen LogP contribution is -2.20. The van der Waals surface area contributed by atoms with E-state index in [1.807, 2.05) is 22.7 Å². The smallest absolute Gasteiger partial charge is 0.146 e. The number of aromatic nitrogens is 1. The molecule has 1 unspecified atom stereocenters. The number of nitrogens with one attached hydrogen (secondary N) is 1.